The lowest BCUT2D eigenvalue weighted by Crippen LogP contribution is -2.54. The van der Waals surface area contributed by atoms with E-state index in [1.165, 1.54) is 17.7 Å². The number of hydrogen-bond acceptors (Lipinski definition) is 6. The van der Waals surface area contributed by atoms with Crippen LogP contribution in [0.15, 0.2) is 93.7 Å². The van der Waals surface area contributed by atoms with Gasteiger partial charge < -0.3 is 24.5 Å². The van der Waals surface area contributed by atoms with Crippen LogP contribution in [-0.4, -0.2) is 61.8 Å². The lowest BCUT2D eigenvalue weighted by molar-refractivity contribution is -0.137. The molecular formula is C46H49ClF3N3O5. The van der Waals surface area contributed by atoms with Crippen LogP contribution in [0, 0.1) is 5.41 Å². The number of para-hydroxylation sites is 2. The molecule has 2 fully saturated rings. The van der Waals surface area contributed by atoms with Crippen molar-refractivity contribution in [2.24, 2.45) is 5.41 Å². The zero-order valence-electron chi connectivity index (χ0n) is 32.7. The number of carbonyl (C=O) groups is 1. The molecule has 4 aliphatic rings. The van der Waals surface area contributed by atoms with Crippen molar-refractivity contribution in [3.63, 3.8) is 0 Å². The van der Waals surface area contributed by atoms with Crippen molar-refractivity contribution in [3.8, 4) is 11.3 Å². The van der Waals surface area contributed by atoms with Crippen LogP contribution < -0.4 is 5.69 Å². The zero-order valence-corrected chi connectivity index (χ0v) is 33.5. The Morgan fingerprint density at radius 1 is 1.00 bits per heavy atom. The summed E-state index contributed by atoms with van der Waals surface area (Å²) in [6.07, 6.45) is 2.65. The number of aromatic amines is 1. The number of imidazole rings is 1. The fourth-order valence-corrected chi connectivity index (χ4v) is 10.2. The highest BCUT2D eigenvalue weighted by Gasteiger charge is 2.57. The maximum atomic E-state index is 14.6. The van der Waals surface area contributed by atoms with Gasteiger partial charge in [0.25, 0.3) is 0 Å². The Morgan fingerprint density at radius 3 is 2.55 bits per heavy atom. The fraction of sp³-hybridized carbons (Fsp3) is 0.435. The summed E-state index contributed by atoms with van der Waals surface area (Å²) >= 11 is 6.34. The Hall–Kier alpha value is -4.42. The van der Waals surface area contributed by atoms with Gasteiger partial charge >= 0.3 is 11.9 Å². The number of nitrogens with one attached hydrogen (secondary N) is 1. The van der Waals surface area contributed by atoms with Gasteiger partial charge in [-0.1, -0.05) is 54.4 Å². The minimum absolute atomic E-state index is 0.0245. The van der Waals surface area contributed by atoms with Crippen molar-refractivity contribution >= 4 is 28.4 Å². The van der Waals surface area contributed by atoms with Crippen LogP contribution in [0.5, 0.6) is 0 Å². The lowest BCUT2D eigenvalue weighted by atomic mass is 9.64. The molecule has 3 N–H and O–H groups in total. The van der Waals surface area contributed by atoms with Gasteiger partial charge in [-0.25, -0.2) is 4.79 Å². The quantitative estimate of drug-likeness (QED) is 0.116. The Balaban J connectivity index is 1.11. The van der Waals surface area contributed by atoms with Gasteiger partial charge in [0.05, 0.1) is 33.3 Å². The molecule has 1 saturated carbocycles. The molecule has 3 heterocycles. The van der Waals surface area contributed by atoms with Gasteiger partial charge in [-0.3, -0.25) is 9.36 Å². The molecule has 0 radical (unpaired) electrons. The Labute approximate surface area is 340 Å². The molecular weight excluding hydrogens is 767 g/mol. The highest BCUT2D eigenvalue weighted by molar-refractivity contribution is 6.33. The van der Waals surface area contributed by atoms with E-state index in [2.05, 4.69) is 29.8 Å². The number of nitrogens with zero attached hydrogens (tertiary/aromatic N) is 2. The number of alkyl halides is 3. The van der Waals surface area contributed by atoms with Crippen molar-refractivity contribution in [1.29, 1.82) is 0 Å². The minimum Gasteiger partial charge on any atom is -0.453 e. The standard InChI is InChI=1S/C46H49ClF3N3O5/c1-28-6-5-20-44(2)36(17-21-45(44,57)27-52-22-18-31(19-23-52)53-39-8-4-3-7-38(39)51-43(53)56)33-13-10-29(24-32(54)12-9-28)25-34(33)42(55)41-16-15-40(58-41)35-26-30(46(48,49)50)11-14-37(35)47/h3-4,6-8,10-11,13-16,25-26,31-32,36,54,57H,5,9,12,17-24,27H2,1-2H3,(H,51,56). The van der Waals surface area contributed by atoms with E-state index in [-0.39, 0.29) is 39.8 Å². The predicted octanol–water partition coefficient (Wildman–Crippen LogP) is 9.87. The summed E-state index contributed by atoms with van der Waals surface area (Å²) in [6, 6.07) is 19.4. The summed E-state index contributed by atoms with van der Waals surface area (Å²) < 4.78 is 48.7. The number of H-pyrrole nitrogens is 1. The number of halogens is 4. The normalized spacial score (nSPS) is 25.1. The van der Waals surface area contributed by atoms with Crippen molar-refractivity contribution < 1.29 is 32.6 Å². The van der Waals surface area contributed by atoms with Crippen LogP contribution in [0.25, 0.3) is 22.4 Å². The van der Waals surface area contributed by atoms with Gasteiger partial charge in [0.2, 0.25) is 5.78 Å². The van der Waals surface area contributed by atoms with Crippen molar-refractivity contribution in [3.05, 3.63) is 128 Å². The van der Waals surface area contributed by atoms with E-state index in [9.17, 15) is 33.0 Å². The second kappa shape index (κ2) is 15.6. The minimum atomic E-state index is -4.59. The summed E-state index contributed by atoms with van der Waals surface area (Å²) in [5, 5.41) is 24.0. The highest BCUT2D eigenvalue weighted by Crippen LogP contribution is 2.59. The van der Waals surface area contributed by atoms with Gasteiger partial charge in [0, 0.05) is 42.2 Å². The van der Waals surface area contributed by atoms with Crippen LogP contribution in [0.2, 0.25) is 5.02 Å². The number of aliphatic hydroxyl groups is 2. The van der Waals surface area contributed by atoms with E-state index >= 15 is 0 Å². The van der Waals surface area contributed by atoms with E-state index in [4.69, 9.17) is 16.0 Å². The first kappa shape index (κ1) is 40.4. The summed E-state index contributed by atoms with van der Waals surface area (Å²) in [4.78, 5) is 32.9. The Bertz CT molecular complexity index is 2420. The van der Waals surface area contributed by atoms with Crippen molar-refractivity contribution in [1.82, 2.24) is 14.5 Å². The van der Waals surface area contributed by atoms with Crippen LogP contribution in [0.1, 0.15) is 110 Å². The van der Waals surface area contributed by atoms with Gasteiger partial charge in [-0.15, -0.1) is 0 Å². The maximum absolute atomic E-state index is 14.6. The molecule has 4 unspecified atom stereocenters. The van der Waals surface area contributed by atoms with E-state index < -0.39 is 34.6 Å². The Morgan fingerprint density at radius 2 is 1.78 bits per heavy atom. The average Bonchev–Trinajstić information content (AvgIpc) is 3.87. The molecule has 3 aliphatic carbocycles. The molecule has 3 aromatic carbocycles. The maximum Gasteiger partial charge on any atom is 0.416 e. The number of aliphatic hydroxyl groups excluding tert-OH is 1. The molecule has 2 bridgehead atoms. The largest absolute Gasteiger partial charge is 0.453 e. The topological polar surface area (TPSA) is 112 Å². The second-order valence-electron chi connectivity index (χ2n) is 17.0. The van der Waals surface area contributed by atoms with E-state index in [0.29, 0.717) is 50.6 Å². The summed E-state index contributed by atoms with van der Waals surface area (Å²) in [5.74, 6) is -0.665. The molecule has 12 heteroatoms. The number of piperidine rings is 1. The number of ketones is 1. The molecule has 1 aliphatic heterocycles. The van der Waals surface area contributed by atoms with Crippen LogP contribution in [0.4, 0.5) is 13.2 Å². The van der Waals surface area contributed by atoms with Crippen LogP contribution in [-0.2, 0) is 12.6 Å². The molecule has 0 spiro atoms. The third kappa shape index (κ3) is 7.62. The van der Waals surface area contributed by atoms with Gasteiger partial charge in [-0.05, 0) is 130 Å². The zero-order chi connectivity index (χ0) is 41.0. The number of hydrogen-bond donors (Lipinski definition) is 3. The SMILES string of the molecule is CC1=CCCC2(C)C(CCC2(O)CN2CCC(n3c(=O)[nH]c4ccccc43)CC2)c2ccc(cc2C(=O)c2ccc(-c3cc(C(F)(F)F)ccc3Cl)o2)CC(O)CC1. The molecule has 9 rings (SSSR count). The monoisotopic (exact) mass is 815 g/mol. The molecule has 4 atom stereocenters. The Kier molecular flexibility index (Phi) is 10.9. The van der Waals surface area contributed by atoms with Gasteiger partial charge in [0.1, 0.15) is 5.76 Å². The van der Waals surface area contributed by atoms with Crippen molar-refractivity contribution in [2.75, 3.05) is 19.6 Å². The number of rotatable bonds is 6. The summed E-state index contributed by atoms with van der Waals surface area (Å²) in [6.45, 7) is 6.11. The first-order valence-corrected chi connectivity index (χ1v) is 20.6. The number of carbonyl (C=O) groups excluding carboxylic acids is 1. The number of fused-ring (bicyclic) bond motifs is 9. The van der Waals surface area contributed by atoms with E-state index in [1.54, 1.807) is 0 Å². The summed E-state index contributed by atoms with van der Waals surface area (Å²) in [5.41, 5.74) is 2.11. The third-order valence-corrected chi connectivity index (χ3v) is 13.7. The second-order valence-corrected chi connectivity index (χ2v) is 17.4. The average molecular weight is 816 g/mol. The van der Waals surface area contributed by atoms with Gasteiger partial charge in [0.15, 0.2) is 5.76 Å². The number of likely N-dealkylation sites (tertiary alicyclic amines) is 1. The van der Waals surface area contributed by atoms with E-state index in [0.717, 1.165) is 72.7 Å². The molecule has 1 saturated heterocycles. The number of allylic oxidation sites excluding steroid dienone is 2. The molecule has 58 heavy (non-hydrogen) atoms. The molecule has 2 aromatic heterocycles. The summed E-state index contributed by atoms with van der Waals surface area (Å²) in [7, 11) is 0. The number of β-amino-alcohol motifs (C(OH)–C–C–N with tert-alkyl or cyclic N) is 1. The molecule has 5 aromatic rings. The van der Waals surface area contributed by atoms with Crippen LogP contribution >= 0.6 is 11.6 Å². The van der Waals surface area contributed by atoms with Crippen LogP contribution in [0.3, 0.4) is 0 Å². The third-order valence-electron chi connectivity index (χ3n) is 13.3. The predicted molar refractivity (Wildman–Crippen MR) is 218 cm³/mol. The van der Waals surface area contributed by atoms with E-state index in [1.807, 2.05) is 47.0 Å². The molecule has 0 amide bonds. The number of furan rings is 1. The van der Waals surface area contributed by atoms with Crippen molar-refractivity contribution in [2.45, 2.75) is 101 Å². The fourth-order valence-electron chi connectivity index (χ4n) is 9.97. The molecule has 306 valence electrons. The number of aromatic nitrogens is 2. The highest BCUT2D eigenvalue weighted by atomic mass is 35.5. The smallest absolute Gasteiger partial charge is 0.416 e. The lowest BCUT2D eigenvalue weighted by Gasteiger charge is -2.47. The first-order valence-electron chi connectivity index (χ1n) is 20.3. The number of benzene rings is 3. The van der Waals surface area contributed by atoms with Gasteiger partial charge in [-0.2, -0.15) is 13.2 Å². The molecule has 8 nitrogen and oxygen atoms in total. The first-order chi connectivity index (χ1) is 27.6.